The lowest BCUT2D eigenvalue weighted by Crippen LogP contribution is -2.47. The fourth-order valence-corrected chi connectivity index (χ4v) is 1.83. The molecule has 0 bridgehead atoms. The third kappa shape index (κ3) is 2.02. The highest BCUT2D eigenvalue weighted by molar-refractivity contribution is 5.83. The highest BCUT2D eigenvalue weighted by Crippen LogP contribution is 2.14. The van der Waals surface area contributed by atoms with E-state index < -0.39 is 0 Å². The SMILES string of the molecule is CCCn1cncc1C1NCCNC1=O. The van der Waals surface area contributed by atoms with Crippen LogP contribution in [0.15, 0.2) is 12.5 Å². The molecule has 5 nitrogen and oxygen atoms in total. The van der Waals surface area contributed by atoms with Gasteiger partial charge in [0, 0.05) is 19.6 Å². The monoisotopic (exact) mass is 208 g/mol. The first kappa shape index (κ1) is 10.2. The Morgan fingerprint density at radius 2 is 2.47 bits per heavy atom. The van der Waals surface area contributed by atoms with E-state index in [2.05, 4.69) is 22.5 Å². The smallest absolute Gasteiger partial charge is 0.243 e. The molecule has 1 aromatic heterocycles. The van der Waals surface area contributed by atoms with E-state index in [1.54, 1.807) is 12.5 Å². The van der Waals surface area contributed by atoms with Crippen LogP contribution in [0.2, 0.25) is 0 Å². The van der Waals surface area contributed by atoms with E-state index in [1.165, 1.54) is 0 Å². The van der Waals surface area contributed by atoms with Gasteiger partial charge in [-0.2, -0.15) is 0 Å². The topological polar surface area (TPSA) is 59.0 Å². The van der Waals surface area contributed by atoms with E-state index in [1.807, 2.05) is 4.57 Å². The van der Waals surface area contributed by atoms with Crippen LogP contribution >= 0.6 is 0 Å². The lowest BCUT2D eigenvalue weighted by Gasteiger charge is -2.24. The average Bonchev–Trinajstić information content (AvgIpc) is 2.67. The third-order valence-corrected chi connectivity index (χ3v) is 2.54. The van der Waals surface area contributed by atoms with Crippen molar-refractivity contribution < 1.29 is 4.79 Å². The van der Waals surface area contributed by atoms with E-state index in [9.17, 15) is 4.79 Å². The summed E-state index contributed by atoms with van der Waals surface area (Å²) in [5.74, 6) is 0.0408. The molecule has 1 aliphatic heterocycles. The molecule has 0 aromatic carbocycles. The fraction of sp³-hybridized carbons (Fsp3) is 0.600. The van der Waals surface area contributed by atoms with Gasteiger partial charge in [0.2, 0.25) is 5.91 Å². The molecule has 0 aliphatic carbocycles. The lowest BCUT2D eigenvalue weighted by molar-refractivity contribution is -0.124. The molecule has 1 aromatic rings. The first-order valence-electron chi connectivity index (χ1n) is 5.34. The summed E-state index contributed by atoms with van der Waals surface area (Å²) in [6.07, 6.45) is 4.58. The number of carbonyl (C=O) groups excluding carboxylic acids is 1. The van der Waals surface area contributed by atoms with Crippen LogP contribution in [0.4, 0.5) is 0 Å². The van der Waals surface area contributed by atoms with Gasteiger partial charge < -0.3 is 9.88 Å². The molecule has 1 atom stereocenters. The number of carbonyl (C=O) groups is 1. The summed E-state index contributed by atoms with van der Waals surface area (Å²) >= 11 is 0. The number of hydrogen-bond donors (Lipinski definition) is 2. The summed E-state index contributed by atoms with van der Waals surface area (Å²) < 4.78 is 2.03. The van der Waals surface area contributed by atoms with Crippen LogP contribution in [0.25, 0.3) is 0 Å². The maximum Gasteiger partial charge on any atom is 0.243 e. The van der Waals surface area contributed by atoms with E-state index in [0.717, 1.165) is 25.2 Å². The Hall–Kier alpha value is -1.36. The summed E-state index contributed by atoms with van der Waals surface area (Å²) in [7, 11) is 0. The Labute approximate surface area is 88.9 Å². The van der Waals surface area contributed by atoms with Crippen molar-refractivity contribution >= 4 is 5.91 Å². The minimum Gasteiger partial charge on any atom is -0.353 e. The van der Waals surface area contributed by atoms with Crippen LogP contribution in [0.5, 0.6) is 0 Å². The second kappa shape index (κ2) is 4.44. The molecule has 82 valence electrons. The predicted octanol–water partition coefficient (Wildman–Crippen LogP) is 0.0536. The van der Waals surface area contributed by atoms with Gasteiger partial charge in [0.1, 0.15) is 6.04 Å². The number of rotatable bonds is 3. The molecule has 0 spiro atoms. The van der Waals surface area contributed by atoms with Crippen molar-refractivity contribution in [3.05, 3.63) is 18.2 Å². The first-order chi connectivity index (χ1) is 7.33. The van der Waals surface area contributed by atoms with E-state index in [-0.39, 0.29) is 11.9 Å². The minimum absolute atomic E-state index is 0.0408. The Kier molecular flexibility index (Phi) is 3.01. The minimum atomic E-state index is -0.243. The molecule has 1 aliphatic rings. The van der Waals surface area contributed by atoms with Crippen molar-refractivity contribution in [1.29, 1.82) is 0 Å². The highest BCUT2D eigenvalue weighted by atomic mass is 16.2. The lowest BCUT2D eigenvalue weighted by atomic mass is 10.1. The normalized spacial score (nSPS) is 21.4. The third-order valence-electron chi connectivity index (χ3n) is 2.54. The van der Waals surface area contributed by atoms with Crippen molar-refractivity contribution in [2.75, 3.05) is 13.1 Å². The molecule has 15 heavy (non-hydrogen) atoms. The summed E-state index contributed by atoms with van der Waals surface area (Å²) in [5, 5.41) is 6.04. The second-order valence-corrected chi connectivity index (χ2v) is 3.69. The number of amides is 1. The number of nitrogens with one attached hydrogen (secondary N) is 2. The van der Waals surface area contributed by atoms with Gasteiger partial charge in [-0.15, -0.1) is 0 Å². The average molecular weight is 208 g/mol. The van der Waals surface area contributed by atoms with Crippen molar-refractivity contribution in [2.24, 2.45) is 0 Å². The summed E-state index contributed by atoms with van der Waals surface area (Å²) in [6, 6.07) is -0.243. The number of nitrogens with zero attached hydrogens (tertiary/aromatic N) is 2. The summed E-state index contributed by atoms with van der Waals surface area (Å²) in [4.78, 5) is 15.7. The van der Waals surface area contributed by atoms with Gasteiger partial charge in [0.15, 0.2) is 0 Å². The molecule has 1 amide bonds. The van der Waals surface area contributed by atoms with Gasteiger partial charge in [0.05, 0.1) is 18.2 Å². The molecule has 0 radical (unpaired) electrons. The first-order valence-corrected chi connectivity index (χ1v) is 5.34. The Balaban J connectivity index is 2.19. The molecule has 2 heterocycles. The van der Waals surface area contributed by atoms with Gasteiger partial charge in [-0.25, -0.2) is 4.98 Å². The van der Waals surface area contributed by atoms with Crippen LogP contribution in [0.3, 0.4) is 0 Å². The maximum atomic E-state index is 11.6. The van der Waals surface area contributed by atoms with Crippen molar-refractivity contribution in [2.45, 2.75) is 25.9 Å². The quantitative estimate of drug-likeness (QED) is 0.738. The molecule has 0 saturated carbocycles. The van der Waals surface area contributed by atoms with Crippen LogP contribution in [0.1, 0.15) is 25.1 Å². The number of aryl methyl sites for hydroxylation is 1. The number of hydrogen-bond acceptors (Lipinski definition) is 3. The van der Waals surface area contributed by atoms with E-state index in [0.29, 0.717) is 6.54 Å². The van der Waals surface area contributed by atoms with Crippen LogP contribution < -0.4 is 10.6 Å². The van der Waals surface area contributed by atoms with Gasteiger partial charge in [-0.3, -0.25) is 10.1 Å². The molecule has 2 N–H and O–H groups in total. The van der Waals surface area contributed by atoms with Gasteiger partial charge >= 0.3 is 0 Å². The molecule has 2 rings (SSSR count). The Morgan fingerprint density at radius 3 is 3.20 bits per heavy atom. The number of imidazole rings is 1. The molecular weight excluding hydrogens is 192 g/mol. The predicted molar refractivity (Wildman–Crippen MR) is 56.3 cm³/mol. The standard InChI is InChI=1S/C10H16N4O/c1-2-5-14-7-11-6-8(14)9-10(15)13-4-3-12-9/h6-7,9,12H,2-5H2,1H3,(H,13,15). The van der Waals surface area contributed by atoms with Crippen molar-refractivity contribution in [1.82, 2.24) is 20.2 Å². The summed E-state index contributed by atoms with van der Waals surface area (Å²) in [6.45, 7) is 4.53. The molecule has 1 saturated heterocycles. The Morgan fingerprint density at radius 1 is 1.60 bits per heavy atom. The maximum absolute atomic E-state index is 11.6. The van der Waals surface area contributed by atoms with Crippen LogP contribution in [-0.2, 0) is 11.3 Å². The molecule has 1 unspecified atom stereocenters. The van der Waals surface area contributed by atoms with Crippen LogP contribution in [0, 0.1) is 0 Å². The van der Waals surface area contributed by atoms with Gasteiger partial charge in [-0.05, 0) is 6.42 Å². The van der Waals surface area contributed by atoms with Gasteiger partial charge in [0.25, 0.3) is 0 Å². The van der Waals surface area contributed by atoms with Crippen molar-refractivity contribution in [3.8, 4) is 0 Å². The highest BCUT2D eigenvalue weighted by Gasteiger charge is 2.25. The zero-order valence-corrected chi connectivity index (χ0v) is 8.86. The molecular formula is C10H16N4O. The second-order valence-electron chi connectivity index (χ2n) is 3.69. The zero-order chi connectivity index (χ0) is 10.7. The van der Waals surface area contributed by atoms with Crippen molar-refractivity contribution in [3.63, 3.8) is 0 Å². The number of aromatic nitrogens is 2. The van der Waals surface area contributed by atoms with Gasteiger partial charge in [-0.1, -0.05) is 6.92 Å². The Bertz CT molecular complexity index is 347. The molecule has 5 heteroatoms. The van der Waals surface area contributed by atoms with E-state index >= 15 is 0 Å². The summed E-state index contributed by atoms with van der Waals surface area (Å²) in [5.41, 5.74) is 0.953. The number of piperazine rings is 1. The largest absolute Gasteiger partial charge is 0.353 e. The molecule has 1 fully saturated rings. The van der Waals surface area contributed by atoms with E-state index in [4.69, 9.17) is 0 Å². The zero-order valence-electron chi connectivity index (χ0n) is 8.86. The van der Waals surface area contributed by atoms with Crippen LogP contribution in [-0.4, -0.2) is 28.5 Å². The fourth-order valence-electron chi connectivity index (χ4n) is 1.83.